The smallest absolute Gasteiger partial charge is 0.186 e. The fraction of sp³-hybridized carbons (Fsp3) is 1.00. The molecule has 0 aromatic rings. The third-order valence-corrected chi connectivity index (χ3v) is 4.03. The van der Waals surface area contributed by atoms with Gasteiger partial charge in [0.05, 0.1) is 31.5 Å². The van der Waals surface area contributed by atoms with E-state index < -0.39 is 61.7 Å². The van der Waals surface area contributed by atoms with Crippen LogP contribution in [-0.2, 0) is 9.47 Å². The zero-order chi connectivity index (χ0) is 16.4. The van der Waals surface area contributed by atoms with Crippen molar-refractivity contribution in [3.63, 3.8) is 0 Å². The van der Waals surface area contributed by atoms with Gasteiger partial charge in [0, 0.05) is 6.54 Å². The van der Waals surface area contributed by atoms with Gasteiger partial charge in [-0.05, 0) is 0 Å². The normalized spacial score (nSPS) is 50.0. The van der Waals surface area contributed by atoms with Crippen molar-refractivity contribution in [2.75, 3.05) is 19.8 Å². The van der Waals surface area contributed by atoms with Gasteiger partial charge in [0.1, 0.15) is 30.5 Å². The molecule has 0 bridgehead atoms. The summed E-state index contributed by atoms with van der Waals surface area (Å²) in [6, 6.07) is -0.717. The van der Waals surface area contributed by atoms with E-state index in [0.29, 0.717) is 0 Å². The topological polar surface area (TPSA) is 172 Å². The number of aliphatic hydroxyl groups is 7. The Labute approximate surface area is 126 Å². The second-order valence-corrected chi connectivity index (χ2v) is 5.59. The van der Waals surface area contributed by atoms with Crippen LogP contribution in [0.3, 0.4) is 0 Å². The summed E-state index contributed by atoms with van der Waals surface area (Å²) in [5, 5.41) is 69.7. The molecular formula is C12H23NO9. The van der Waals surface area contributed by atoms with Gasteiger partial charge in [-0.25, -0.2) is 0 Å². The molecule has 0 amide bonds. The van der Waals surface area contributed by atoms with Crippen LogP contribution in [0.5, 0.6) is 0 Å². The molecule has 2 aliphatic rings. The quantitative estimate of drug-likeness (QED) is 0.250. The van der Waals surface area contributed by atoms with Crippen LogP contribution in [0.2, 0.25) is 0 Å². The number of β-amino-alcohol motifs (C(OH)–C–C–N with tert-alkyl or cyclic N) is 1. The lowest BCUT2D eigenvalue weighted by Gasteiger charge is -2.41. The number of rotatable bonds is 4. The van der Waals surface area contributed by atoms with Gasteiger partial charge in [-0.2, -0.15) is 0 Å². The Kier molecular flexibility index (Phi) is 6.07. The first-order valence-electron chi connectivity index (χ1n) is 7.06. The fourth-order valence-electron chi connectivity index (χ4n) is 2.54. The Morgan fingerprint density at radius 1 is 0.909 bits per heavy atom. The minimum absolute atomic E-state index is 0.0565. The molecule has 9 atom stereocenters. The first-order valence-corrected chi connectivity index (χ1v) is 7.06. The molecule has 10 heteroatoms. The molecule has 0 aromatic carbocycles. The lowest BCUT2D eigenvalue weighted by molar-refractivity contribution is -0.303. The van der Waals surface area contributed by atoms with Crippen LogP contribution in [0.4, 0.5) is 0 Å². The van der Waals surface area contributed by atoms with E-state index in [2.05, 4.69) is 5.32 Å². The third kappa shape index (κ3) is 3.57. The molecule has 10 nitrogen and oxygen atoms in total. The SMILES string of the molecule is OC[C@H]1O[C@H](OC[C@H]2NC[C@H](O)[C@@H](O)[C@@H]2O)[C@H](O)[C@@H](O)[C@H]1O. The summed E-state index contributed by atoms with van der Waals surface area (Å²) in [7, 11) is 0. The molecular weight excluding hydrogens is 302 g/mol. The fourth-order valence-corrected chi connectivity index (χ4v) is 2.54. The molecule has 0 aliphatic carbocycles. The van der Waals surface area contributed by atoms with Crippen LogP contribution < -0.4 is 5.32 Å². The van der Waals surface area contributed by atoms with Crippen molar-refractivity contribution in [1.29, 1.82) is 0 Å². The van der Waals surface area contributed by atoms with Crippen LogP contribution in [0.15, 0.2) is 0 Å². The molecule has 0 unspecified atom stereocenters. The van der Waals surface area contributed by atoms with Gasteiger partial charge in [-0.1, -0.05) is 0 Å². The summed E-state index contributed by atoms with van der Waals surface area (Å²) >= 11 is 0. The minimum Gasteiger partial charge on any atom is -0.394 e. The van der Waals surface area contributed by atoms with Crippen LogP contribution >= 0.6 is 0 Å². The van der Waals surface area contributed by atoms with Crippen molar-refractivity contribution in [2.45, 2.75) is 55.1 Å². The average molecular weight is 325 g/mol. The van der Waals surface area contributed by atoms with Gasteiger partial charge in [0.15, 0.2) is 6.29 Å². The summed E-state index contributed by atoms with van der Waals surface area (Å²) < 4.78 is 10.4. The molecule has 2 aliphatic heterocycles. The highest BCUT2D eigenvalue weighted by Gasteiger charge is 2.45. The number of ether oxygens (including phenoxy) is 2. The molecule has 0 aromatic heterocycles. The molecule has 8 N–H and O–H groups in total. The molecule has 22 heavy (non-hydrogen) atoms. The van der Waals surface area contributed by atoms with E-state index in [-0.39, 0.29) is 13.2 Å². The molecule has 0 saturated carbocycles. The standard InChI is InChI=1S/C12H23NO9/c14-2-6-9(18)10(19)11(20)12(22-6)21-3-4-7(16)8(17)5(15)1-13-4/h4-20H,1-3H2/t4-,5+,6-,7-,8-,9+,10+,11-,12+/m1/s1. The Morgan fingerprint density at radius 3 is 2.23 bits per heavy atom. The van der Waals surface area contributed by atoms with Crippen molar-refractivity contribution in [3.8, 4) is 0 Å². The second kappa shape index (κ2) is 7.45. The highest BCUT2D eigenvalue weighted by Crippen LogP contribution is 2.22. The maximum absolute atomic E-state index is 9.81. The van der Waals surface area contributed by atoms with Crippen molar-refractivity contribution in [2.24, 2.45) is 0 Å². The summed E-state index contributed by atoms with van der Waals surface area (Å²) in [6.45, 7) is -0.700. The van der Waals surface area contributed by atoms with Crippen molar-refractivity contribution >= 4 is 0 Å². The van der Waals surface area contributed by atoms with Crippen LogP contribution in [0.1, 0.15) is 0 Å². The summed E-state index contributed by atoms with van der Waals surface area (Å²) in [5.41, 5.74) is 0. The van der Waals surface area contributed by atoms with Gasteiger partial charge in [-0.3, -0.25) is 0 Å². The van der Waals surface area contributed by atoms with Crippen molar-refractivity contribution < 1.29 is 45.2 Å². The predicted molar refractivity (Wildman–Crippen MR) is 69.5 cm³/mol. The Bertz CT molecular complexity index is 357. The monoisotopic (exact) mass is 325 g/mol. The third-order valence-electron chi connectivity index (χ3n) is 4.03. The van der Waals surface area contributed by atoms with E-state index in [1.807, 2.05) is 0 Å². The number of hydrogen-bond donors (Lipinski definition) is 8. The molecule has 2 rings (SSSR count). The van der Waals surface area contributed by atoms with Crippen molar-refractivity contribution in [1.82, 2.24) is 5.32 Å². The van der Waals surface area contributed by atoms with E-state index in [1.54, 1.807) is 0 Å². The van der Waals surface area contributed by atoms with Crippen molar-refractivity contribution in [3.05, 3.63) is 0 Å². The summed E-state index contributed by atoms with van der Waals surface area (Å²) in [4.78, 5) is 0. The Hall–Kier alpha value is -0.400. The highest BCUT2D eigenvalue weighted by atomic mass is 16.7. The maximum Gasteiger partial charge on any atom is 0.186 e. The molecule has 2 heterocycles. The number of hydrogen-bond acceptors (Lipinski definition) is 10. The average Bonchev–Trinajstić information content (AvgIpc) is 2.51. The lowest BCUT2D eigenvalue weighted by Crippen LogP contribution is -2.63. The Balaban J connectivity index is 1.90. The lowest BCUT2D eigenvalue weighted by atomic mass is 9.96. The van der Waals surface area contributed by atoms with Gasteiger partial charge in [-0.15, -0.1) is 0 Å². The largest absolute Gasteiger partial charge is 0.394 e. The molecule has 0 radical (unpaired) electrons. The van der Waals surface area contributed by atoms with Gasteiger partial charge >= 0.3 is 0 Å². The zero-order valence-corrected chi connectivity index (χ0v) is 11.8. The molecule has 2 saturated heterocycles. The number of nitrogens with one attached hydrogen (secondary N) is 1. The predicted octanol–water partition coefficient (Wildman–Crippen LogP) is -5.14. The molecule has 130 valence electrons. The first kappa shape index (κ1) is 17.9. The Morgan fingerprint density at radius 2 is 1.59 bits per heavy atom. The van der Waals surface area contributed by atoms with E-state index in [9.17, 15) is 30.6 Å². The summed E-state index contributed by atoms with van der Waals surface area (Å²) in [6.07, 6.45) is -10.7. The molecule has 0 spiro atoms. The highest BCUT2D eigenvalue weighted by molar-refractivity contribution is 4.93. The zero-order valence-electron chi connectivity index (χ0n) is 11.8. The van der Waals surface area contributed by atoms with Gasteiger partial charge in [0.2, 0.25) is 0 Å². The van der Waals surface area contributed by atoms with Crippen LogP contribution in [0, 0.1) is 0 Å². The van der Waals surface area contributed by atoms with Gasteiger partial charge < -0.3 is 50.5 Å². The van der Waals surface area contributed by atoms with E-state index in [1.165, 1.54) is 0 Å². The van der Waals surface area contributed by atoms with Crippen LogP contribution in [-0.4, -0.2) is 111 Å². The molecule has 2 fully saturated rings. The first-order chi connectivity index (χ1) is 10.4. The van der Waals surface area contributed by atoms with E-state index >= 15 is 0 Å². The van der Waals surface area contributed by atoms with E-state index in [4.69, 9.17) is 14.6 Å². The minimum atomic E-state index is -1.55. The second-order valence-electron chi connectivity index (χ2n) is 5.59. The maximum atomic E-state index is 9.81. The van der Waals surface area contributed by atoms with Gasteiger partial charge in [0.25, 0.3) is 0 Å². The van der Waals surface area contributed by atoms with E-state index in [0.717, 1.165) is 0 Å². The van der Waals surface area contributed by atoms with Crippen LogP contribution in [0.25, 0.3) is 0 Å². The summed E-state index contributed by atoms with van der Waals surface area (Å²) in [5.74, 6) is 0. The number of aliphatic hydroxyl groups excluding tert-OH is 7. The number of piperidine rings is 1.